The largest absolute Gasteiger partial charge is 0.416 e. The van der Waals surface area contributed by atoms with Crippen molar-refractivity contribution in [1.29, 1.82) is 0 Å². The van der Waals surface area contributed by atoms with E-state index in [0.29, 0.717) is 69.4 Å². The lowest BCUT2D eigenvalue weighted by Crippen LogP contribution is -2.40. The van der Waals surface area contributed by atoms with E-state index in [0.717, 1.165) is 30.5 Å². The van der Waals surface area contributed by atoms with Crippen LogP contribution in [0.2, 0.25) is 0 Å². The Morgan fingerprint density at radius 2 is 1.69 bits per heavy atom. The van der Waals surface area contributed by atoms with Gasteiger partial charge in [0.1, 0.15) is 0 Å². The number of nitrogens with zero attached hydrogens (tertiary/aromatic N) is 5. The van der Waals surface area contributed by atoms with Crippen molar-refractivity contribution in [2.24, 2.45) is 11.8 Å². The van der Waals surface area contributed by atoms with E-state index < -0.39 is 11.7 Å². The summed E-state index contributed by atoms with van der Waals surface area (Å²) in [5.74, 6) is 0.604. The van der Waals surface area contributed by atoms with Crippen LogP contribution in [-0.2, 0) is 17.5 Å². The van der Waals surface area contributed by atoms with Gasteiger partial charge in [-0.2, -0.15) is 23.0 Å². The highest BCUT2D eigenvalue weighted by Crippen LogP contribution is 2.40. The number of rotatable bonds is 4. The monoisotopic (exact) mass is 505 g/mol. The molecule has 3 heterocycles. The first-order valence-electron chi connectivity index (χ1n) is 12.3. The first kappa shape index (κ1) is 24.8. The van der Waals surface area contributed by atoms with Crippen LogP contribution in [0.25, 0.3) is 0 Å². The van der Waals surface area contributed by atoms with Gasteiger partial charge in [-0.3, -0.25) is 9.69 Å². The van der Waals surface area contributed by atoms with Crippen LogP contribution >= 0.6 is 0 Å². The van der Waals surface area contributed by atoms with Gasteiger partial charge in [-0.1, -0.05) is 12.1 Å². The van der Waals surface area contributed by atoms with Gasteiger partial charge < -0.3 is 14.5 Å². The lowest BCUT2D eigenvalue weighted by Gasteiger charge is -2.26. The van der Waals surface area contributed by atoms with Gasteiger partial charge in [-0.15, -0.1) is 0 Å². The molecule has 194 valence electrons. The molecular weight excluding hydrogens is 475 g/mol. The summed E-state index contributed by atoms with van der Waals surface area (Å²) in [6.45, 7) is 3.94. The van der Waals surface area contributed by atoms with Crippen LogP contribution in [0.1, 0.15) is 34.3 Å². The molecule has 1 unspecified atom stereocenters. The fourth-order valence-corrected chi connectivity index (χ4v) is 5.63. The summed E-state index contributed by atoms with van der Waals surface area (Å²) in [5, 5.41) is 4.15. The Labute approximate surface area is 207 Å². The Hall–Kier alpha value is -2.92. The van der Waals surface area contributed by atoms with Gasteiger partial charge in [0.15, 0.2) is 0 Å². The number of halogens is 3. The van der Waals surface area contributed by atoms with E-state index >= 15 is 0 Å². The third-order valence-electron chi connectivity index (χ3n) is 7.66. The van der Waals surface area contributed by atoms with Crippen molar-refractivity contribution < 1.29 is 27.5 Å². The minimum Gasteiger partial charge on any atom is -0.378 e. The number of hydrogen-bond donors (Lipinski definition) is 0. The lowest BCUT2D eigenvalue weighted by molar-refractivity contribution is -0.137. The average molecular weight is 506 g/mol. The summed E-state index contributed by atoms with van der Waals surface area (Å²) in [4.78, 5) is 31.4. The Balaban J connectivity index is 1.13. The van der Waals surface area contributed by atoms with Gasteiger partial charge >= 0.3 is 12.2 Å². The van der Waals surface area contributed by atoms with Gasteiger partial charge in [0.05, 0.1) is 30.5 Å². The second-order valence-electron chi connectivity index (χ2n) is 10.0. The molecule has 2 saturated heterocycles. The van der Waals surface area contributed by atoms with Crippen molar-refractivity contribution in [2.75, 3.05) is 46.4 Å². The third kappa shape index (κ3) is 5.12. The number of morpholine rings is 1. The molecule has 3 aliphatic rings. The molecule has 3 fully saturated rings. The molecule has 1 aromatic carbocycles. The van der Waals surface area contributed by atoms with Crippen molar-refractivity contribution in [3.8, 4) is 0 Å². The number of hydrogen-bond acceptors (Lipinski definition) is 5. The van der Waals surface area contributed by atoms with Crippen molar-refractivity contribution >= 4 is 11.9 Å². The smallest absolute Gasteiger partial charge is 0.378 e. The van der Waals surface area contributed by atoms with Crippen LogP contribution in [0.3, 0.4) is 0 Å². The molecule has 1 saturated carbocycles. The quantitative estimate of drug-likeness (QED) is 0.639. The SMILES string of the molecule is CN(Cc1ccc(C(F)(F)F)cc1)C1C[C@@H]2CN(C(=O)n3cc(C(=O)N4CCOCC4)cn3)C[C@@H]2C1. The lowest BCUT2D eigenvalue weighted by atomic mass is 10.0. The van der Waals surface area contributed by atoms with Gasteiger partial charge in [-0.05, 0) is 49.4 Å². The highest BCUT2D eigenvalue weighted by atomic mass is 19.4. The zero-order valence-corrected chi connectivity index (χ0v) is 20.2. The number of likely N-dealkylation sites (tertiary alicyclic amines) is 1. The summed E-state index contributed by atoms with van der Waals surface area (Å²) in [6.07, 6.45) is 0.497. The number of carbonyl (C=O) groups is 2. The molecule has 1 aliphatic carbocycles. The maximum Gasteiger partial charge on any atom is 0.416 e. The third-order valence-corrected chi connectivity index (χ3v) is 7.66. The van der Waals surface area contributed by atoms with Gasteiger partial charge in [0.2, 0.25) is 0 Å². The van der Waals surface area contributed by atoms with E-state index in [-0.39, 0.29) is 11.9 Å². The Morgan fingerprint density at radius 3 is 2.31 bits per heavy atom. The first-order valence-corrected chi connectivity index (χ1v) is 12.3. The van der Waals surface area contributed by atoms with E-state index in [9.17, 15) is 22.8 Å². The number of alkyl halides is 3. The molecule has 2 amide bonds. The topological polar surface area (TPSA) is 70.9 Å². The predicted molar refractivity (Wildman–Crippen MR) is 124 cm³/mol. The fraction of sp³-hybridized carbons (Fsp3) is 0.560. The van der Waals surface area contributed by atoms with E-state index in [4.69, 9.17) is 4.74 Å². The molecule has 1 aromatic heterocycles. The minimum atomic E-state index is -4.33. The number of carbonyl (C=O) groups excluding carboxylic acids is 2. The van der Waals surface area contributed by atoms with Crippen molar-refractivity contribution in [1.82, 2.24) is 24.5 Å². The van der Waals surface area contributed by atoms with E-state index in [1.54, 1.807) is 9.80 Å². The normalized spacial score (nSPS) is 24.4. The molecule has 0 spiro atoms. The summed E-state index contributed by atoms with van der Waals surface area (Å²) in [5.41, 5.74) is 0.610. The van der Waals surface area contributed by atoms with Gasteiger partial charge in [-0.25, -0.2) is 4.79 Å². The van der Waals surface area contributed by atoms with Crippen molar-refractivity contribution in [3.05, 3.63) is 53.3 Å². The molecule has 8 nitrogen and oxygen atoms in total. The zero-order chi connectivity index (χ0) is 25.4. The second-order valence-corrected chi connectivity index (χ2v) is 10.0. The van der Waals surface area contributed by atoms with Gasteiger partial charge in [0.25, 0.3) is 5.91 Å². The highest BCUT2D eigenvalue weighted by Gasteiger charge is 2.44. The fourth-order valence-electron chi connectivity index (χ4n) is 5.63. The Bertz CT molecular complexity index is 1080. The van der Waals surface area contributed by atoms with Crippen LogP contribution in [-0.4, -0.2) is 88.9 Å². The summed E-state index contributed by atoms with van der Waals surface area (Å²) in [6, 6.07) is 5.44. The number of ether oxygens (including phenoxy) is 1. The maximum absolute atomic E-state index is 13.0. The molecule has 0 N–H and O–H groups in total. The number of benzene rings is 1. The van der Waals surface area contributed by atoms with Crippen LogP contribution in [0.4, 0.5) is 18.0 Å². The van der Waals surface area contributed by atoms with E-state index in [1.165, 1.54) is 29.2 Å². The molecule has 0 radical (unpaired) electrons. The number of amides is 2. The van der Waals surface area contributed by atoms with Crippen molar-refractivity contribution in [2.45, 2.75) is 31.6 Å². The number of fused-ring (bicyclic) bond motifs is 1. The molecular formula is C25H30F3N5O3. The van der Waals surface area contributed by atoms with E-state index in [1.807, 2.05) is 7.05 Å². The molecule has 36 heavy (non-hydrogen) atoms. The van der Waals surface area contributed by atoms with Crippen molar-refractivity contribution in [3.63, 3.8) is 0 Å². The molecule has 0 bridgehead atoms. The first-order chi connectivity index (χ1) is 17.2. The molecule has 11 heteroatoms. The Kier molecular flexibility index (Phi) is 6.78. The highest BCUT2D eigenvalue weighted by molar-refractivity contribution is 5.94. The standard InChI is InChI=1S/C25H30F3N5O3/c1-30(13-17-2-4-21(5-3-17)25(26,27)28)22-10-18-14-32(15-19(18)11-22)24(35)33-16-20(12-29-33)23(34)31-6-8-36-9-7-31/h2-5,12,16,18-19,22H,6-11,13-15H2,1H3/t18-,19+,22?. The molecule has 5 rings (SSSR count). The molecule has 3 atom stereocenters. The van der Waals surface area contributed by atoms with E-state index in [2.05, 4.69) is 10.00 Å². The summed E-state index contributed by atoms with van der Waals surface area (Å²) >= 11 is 0. The van der Waals surface area contributed by atoms with Crippen LogP contribution in [0, 0.1) is 11.8 Å². The van der Waals surface area contributed by atoms with Crippen LogP contribution in [0.5, 0.6) is 0 Å². The Morgan fingerprint density at radius 1 is 1.06 bits per heavy atom. The van der Waals surface area contributed by atoms with Crippen LogP contribution < -0.4 is 0 Å². The van der Waals surface area contributed by atoms with Crippen LogP contribution in [0.15, 0.2) is 36.7 Å². The minimum absolute atomic E-state index is 0.144. The predicted octanol–water partition coefficient (Wildman–Crippen LogP) is 3.18. The number of aromatic nitrogens is 2. The zero-order valence-electron chi connectivity index (χ0n) is 20.2. The molecule has 2 aromatic rings. The molecule has 2 aliphatic heterocycles. The summed E-state index contributed by atoms with van der Waals surface area (Å²) < 4.78 is 45.0. The average Bonchev–Trinajstić information content (AvgIpc) is 3.59. The van der Waals surface area contributed by atoms with Gasteiger partial charge in [0, 0.05) is 45.0 Å². The second kappa shape index (κ2) is 9.85. The maximum atomic E-state index is 13.0. The summed E-state index contributed by atoms with van der Waals surface area (Å²) in [7, 11) is 2.00.